The molecule has 1 aliphatic rings. The Morgan fingerprint density at radius 3 is 2.69 bits per heavy atom. The lowest BCUT2D eigenvalue weighted by molar-refractivity contribution is -0.135. The second kappa shape index (κ2) is 4.08. The van der Waals surface area contributed by atoms with Crippen molar-refractivity contribution in [2.75, 3.05) is 11.4 Å². The van der Waals surface area contributed by atoms with Gasteiger partial charge in [-0.2, -0.15) is 0 Å². The first kappa shape index (κ1) is 10.9. The van der Waals surface area contributed by atoms with Crippen LogP contribution in [0.15, 0.2) is 6.07 Å². The Hall–Kier alpha value is -1.65. The summed E-state index contributed by atoms with van der Waals surface area (Å²) in [6.07, 6.45) is 2.10. The molecular formula is C11H15N3O2. The van der Waals surface area contributed by atoms with E-state index in [1.807, 2.05) is 24.8 Å². The van der Waals surface area contributed by atoms with Crippen LogP contribution in [0.1, 0.15) is 24.4 Å². The minimum Gasteiger partial charge on any atom is -0.480 e. The standard InChI is InChI=1S/C11H15N3O2/c1-7-5-10(13-8(2)12-7)14(6-11(15)16)9-3-4-9/h5,9H,3-4,6H2,1-2H3,(H,15,16). The quantitative estimate of drug-likeness (QED) is 0.826. The van der Waals surface area contributed by atoms with Crippen molar-refractivity contribution in [3.8, 4) is 0 Å². The molecule has 0 radical (unpaired) electrons. The van der Waals surface area contributed by atoms with Crippen molar-refractivity contribution < 1.29 is 9.90 Å². The molecular weight excluding hydrogens is 206 g/mol. The molecule has 1 N–H and O–H groups in total. The number of aryl methyl sites for hydroxylation is 2. The Labute approximate surface area is 94.1 Å². The molecule has 2 rings (SSSR count). The predicted molar refractivity (Wildman–Crippen MR) is 59.5 cm³/mol. The number of nitrogens with zero attached hydrogens (tertiary/aromatic N) is 3. The summed E-state index contributed by atoms with van der Waals surface area (Å²) in [6.45, 7) is 3.73. The molecule has 0 amide bonds. The monoisotopic (exact) mass is 221 g/mol. The molecule has 0 unspecified atom stereocenters. The third kappa shape index (κ3) is 2.48. The van der Waals surface area contributed by atoms with Gasteiger partial charge in [0, 0.05) is 17.8 Å². The zero-order chi connectivity index (χ0) is 11.7. The first-order valence-electron chi connectivity index (χ1n) is 5.37. The van der Waals surface area contributed by atoms with E-state index in [0.29, 0.717) is 11.9 Å². The number of carboxylic acids is 1. The fourth-order valence-corrected chi connectivity index (χ4v) is 1.77. The van der Waals surface area contributed by atoms with Gasteiger partial charge < -0.3 is 10.0 Å². The van der Waals surface area contributed by atoms with E-state index in [4.69, 9.17) is 5.11 Å². The molecule has 0 saturated heterocycles. The predicted octanol–water partition coefficient (Wildman–Crippen LogP) is 1.15. The molecule has 1 aromatic rings. The molecule has 5 nitrogen and oxygen atoms in total. The van der Waals surface area contributed by atoms with Gasteiger partial charge in [0.2, 0.25) is 0 Å². The fourth-order valence-electron chi connectivity index (χ4n) is 1.77. The van der Waals surface area contributed by atoms with Crippen molar-refractivity contribution in [2.24, 2.45) is 0 Å². The number of carboxylic acid groups (broad SMARTS) is 1. The molecule has 0 aliphatic heterocycles. The van der Waals surface area contributed by atoms with E-state index in [2.05, 4.69) is 9.97 Å². The molecule has 16 heavy (non-hydrogen) atoms. The minimum absolute atomic E-state index is 0.0144. The van der Waals surface area contributed by atoms with Gasteiger partial charge >= 0.3 is 5.97 Å². The fraction of sp³-hybridized carbons (Fsp3) is 0.545. The average Bonchev–Trinajstić information content (AvgIpc) is 2.95. The van der Waals surface area contributed by atoms with Crippen LogP contribution < -0.4 is 4.90 Å². The van der Waals surface area contributed by atoms with Gasteiger partial charge in [-0.05, 0) is 26.7 Å². The second-order valence-corrected chi connectivity index (χ2v) is 4.17. The molecule has 1 fully saturated rings. The van der Waals surface area contributed by atoms with Crippen LogP contribution in [-0.2, 0) is 4.79 Å². The summed E-state index contributed by atoms with van der Waals surface area (Å²) in [7, 11) is 0. The summed E-state index contributed by atoms with van der Waals surface area (Å²) >= 11 is 0. The zero-order valence-corrected chi connectivity index (χ0v) is 9.47. The Kier molecular flexibility index (Phi) is 2.77. The highest BCUT2D eigenvalue weighted by Crippen LogP contribution is 2.30. The van der Waals surface area contributed by atoms with Crippen molar-refractivity contribution in [2.45, 2.75) is 32.7 Å². The van der Waals surface area contributed by atoms with Crippen molar-refractivity contribution >= 4 is 11.8 Å². The van der Waals surface area contributed by atoms with Gasteiger partial charge in [-0.15, -0.1) is 0 Å². The highest BCUT2D eigenvalue weighted by Gasteiger charge is 2.31. The van der Waals surface area contributed by atoms with E-state index in [-0.39, 0.29) is 6.54 Å². The molecule has 1 heterocycles. The molecule has 1 saturated carbocycles. The van der Waals surface area contributed by atoms with Crippen LogP contribution in [-0.4, -0.2) is 33.6 Å². The van der Waals surface area contributed by atoms with Crippen LogP contribution in [0, 0.1) is 13.8 Å². The summed E-state index contributed by atoms with van der Waals surface area (Å²) in [5.41, 5.74) is 0.874. The number of hydrogen-bond donors (Lipinski definition) is 1. The van der Waals surface area contributed by atoms with Gasteiger partial charge in [0.05, 0.1) is 0 Å². The Morgan fingerprint density at radius 1 is 1.50 bits per heavy atom. The Balaban J connectivity index is 2.26. The SMILES string of the molecule is Cc1cc(N(CC(=O)O)C2CC2)nc(C)n1. The molecule has 0 spiro atoms. The summed E-state index contributed by atoms with van der Waals surface area (Å²) in [5.74, 6) is 0.599. The van der Waals surface area contributed by atoms with Crippen molar-refractivity contribution in [1.82, 2.24) is 9.97 Å². The van der Waals surface area contributed by atoms with Crippen LogP contribution in [0.3, 0.4) is 0 Å². The number of aromatic nitrogens is 2. The van der Waals surface area contributed by atoms with Crippen molar-refractivity contribution in [1.29, 1.82) is 0 Å². The number of hydrogen-bond acceptors (Lipinski definition) is 4. The molecule has 1 aliphatic carbocycles. The lowest BCUT2D eigenvalue weighted by Crippen LogP contribution is -2.32. The van der Waals surface area contributed by atoms with Crippen LogP contribution in [0.2, 0.25) is 0 Å². The molecule has 0 atom stereocenters. The second-order valence-electron chi connectivity index (χ2n) is 4.17. The third-order valence-corrected chi connectivity index (χ3v) is 2.54. The topological polar surface area (TPSA) is 66.3 Å². The van der Waals surface area contributed by atoms with Gasteiger partial charge in [0.15, 0.2) is 0 Å². The van der Waals surface area contributed by atoms with Gasteiger partial charge in [0.1, 0.15) is 18.2 Å². The smallest absolute Gasteiger partial charge is 0.323 e. The van der Waals surface area contributed by atoms with Crippen LogP contribution in [0.5, 0.6) is 0 Å². The average molecular weight is 221 g/mol. The van der Waals surface area contributed by atoms with Crippen LogP contribution in [0.25, 0.3) is 0 Å². The summed E-state index contributed by atoms with van der Waals surface area (Å²) in [6, 6.07) is 2.18. The van der Waals surface area contributed by atoms with Gasteiger partial charge in [-0.3, -0.25) is 4.79 Å². The van der Waals surface area contributed by atoms with Gasteiger partial charge in [-0.1, -0.05) is 0 Å². The molecule has 5 heteroatoms. The summed E-state index contributed by atoms with van der Waals surface area (Å²) < 4.78 is 0. The van der Waals surface area contributed by atoms with E-state index < -0.39 is 5.97 Å². The molecule has 1 aromatic heterocycles. The molecule has 86 valence electrons. The first-order valence-corrected chi connectivity index (χ1v) is 5.37. The third-order valence-electron chi connectivity index (χ3n) is 2.54. The highest BCUT2D eigenvalue weighted by molar-refractivity contribution is 5.73. The molecule has 0 aromatic carbocycles. The first-order chi connectivity index (χ1) is 7.56. The normalized spacial score (nSPS) is 14.9. The van der Waals surface area contributed by atoms with E-state index >= 15 is 0 Å². The Morgan fingerprint density at radius 2 is 2.19 bits per heavy atom. The number of carbonyl (C=O) groups is 1. The maximum absolute atomic E-state index is 10.8. The highest BCUT2D eigenvalue weighted by atomic mass is 16.4. The van der Waals surface area contributed by atoms with E-state index in [1.54, 1.807) is 0 Å². The van der Waals surface area contributed by atoms with Crippen LogP contribution >= 0.6 is 0 Å². The number of aliphatic carboxylic acids is 1. The largest absolute Gasteiger partial charge is 0.480 e. The van der Waals surface area contributed by atoms with Crippen molar-refractivity contribution in [3.05, 3.63) is 17.6 Å². The van der Waals surface area contributed by atoms with E-state index in [1.165, 1.54) is 0 Å². The maximum atomic E-state index is 10.8. The molecule has 0 bridgehead atoms. The Bertz CT molecular complexity index is 395. The lowest BCUT2D eigenvalue weighted by Gasteiger charge is -2.21. The number of anilines is 1. The summed E-state index contributed by atoms with van der Waals surface area (Å²) in [5, 5.41) is 8.88. The van der Waals surface area contributed by atoms with Crippen LogP contribution in [0.4, 0.5) is 5.82 Å². The van der Waals surface area contributed by atoms with Gasteiger partial charge in [0.25, 0.3) is 0 Å². The van der Waals surface area contributed by atoms with E-state index in [9.17, 15) is 4.79 Å². The van der Waals surface area contributed by atoms with E-state index in [0.717, 1.165) is 24.4 Å². The minimum atomic E-state index is -0.819. The summed E-state index contributed by atoms with van der Waals surface area (Å²) in [4.78, 5) is 21.1. The lowest BCUT2D eigenvalue weighted by atomic mass is 10.3. The van der Waals surface area contributed by atoms with Gasteiger partial charge in [-0.25, -0.2) is 9.97 Å². The van der Waals surface area contributed by atoms with Crippen molar-refractivity contribution in [3.63, 3.8) is 0 Å². The maximum Gasteiger partial charge on any atom is 0.323 e. The zero-order valence-electron chi connectivity index (χ0n) is 9.47. The number of rotatable bonds is 4.